The first-order chi connectivity index (χ1) is 9.65. The molecule has 0 atom stereocenters. The van der Waals surface area contributed by atoms with E-state index in [1.807, 2.05) is 6.07 Å². The summed E-state index contributed by atoms with van der Waals surface area (Å²) in [6.45, 7) is 1.49. The minimum absolute atomic E-state index is 0.00965. The van der Waals surface area contributed by atoms with E-state index < -0.39 is 5.97 Å². The largest absolute Gasteiger partial charge is 0.423 e. The Labute approximate surface area is 117 Å². The molecule has 20 heavy (non-hydrogen) atoms. The van der Waals surface area contributed by atoms with E-state index in [1.54, 1.807) is 54.6 Å². The maximum absolute atomic E-state index is 11.8. The Morgan fingerprint density at radius 3 is 2.20 bits per heavy atom. The molecule has 0 fully saturated rings. The van der Waals surface area contributed by atoms with E-state index >= 15 is 0 Å². The van der Waals surface area contributed by atoms with Gasteiger partial charge < -0.3 is 4.74 Å². The summed E-state index contributed by atoms with van der Waals surface area (Å²) in [7, 11) is 0. The zero-order chi connectivity index (χ0) is 14.4. The zero-order valence-electron chi connectivity index (χ0n) is 11.1. The summed E-state index contributed by atoms with van der Waals surface area (Å²) in [4.78, 5) is 22.7. The van der Waals surface area contributed by atoms with Gasteiger partial charge in [-0.1, -0.05) is 36.4 Å². The fraction of sp³-hybridized carbons (Fsp3) is 0.0588. The Balaban J connectivity index is 2.04. The molecule has 3 nitrogen and oxygen atoms in total. The van der Waals surface area contributed by atoms with E-state index in [0.29, 0.717) is 11.3 Å². The van der Waals surface area contributed by atoms with Crippen LogP contribution in [0.3, 0.4) is 0 Å². The monoisotopic (exact) mass is 266 g/mol. The summed E-state index contributed by atoms with van der Waals surface area (Å²) >= 11 is 0. The maximum atomic E-state index is 11.8. The lowest BCUT2D eigenvalue weighted by Gasteiger charge is -2.04. The molecular weight excluding hydrogens is 252 g/mol. The number of ether oxygens (including phenoxy) is 1. The van der Waals surface area contributed by atoms with Gasteiger partial charge in [0.1, 0.15) is 5.75 Å². The molecular formula is C17H14O3. The van der Waals surface area contributed by atoms with E-state index in [4.69, 9.17) is 4.74 Å². The van der Waals surface area contributed by atoms with Gasteiger partial charge in [-0.05, 0) is 42.8 Å². The molecule has 0 aliphatic heterocycles. The van der Waals surface area contributed by atoms with Crippen LogP contribution in [0, 0.1) is 0 Å². The van der Waals surface area contributed by atoms with E-state index in [0.717, 1.165) is 5.56 Å². The van der Waals surface area contributed by atoms with Gasteiger partial charge in [0.2, 0.25) is 0 Å². The Morgan fingerprint density at radius 2 is 1.60 bits per heavy atom. The second-order valence-corrected chi connectivity index (χ2v) is 4.27. The van der Waals surface area contributed by atoms with E-state index in [1.165, 1.54) is 13.0 Å². The van der Waals surface area contributed by atoms with Gasteiger partial charge in [0.05, 0.1) is 5.56 Å². The van der Waals surface area contributed by atoms with Crippen molar-refractivity contribution in [1.29, 1.82) is 0 Å². The Morgan fingerprint density at radius 1 is 0.950 bits per heavy atom. The third kappa shape index (κ3) is 3.92. The molecule has 0 N–H and O–H groups in total. The van der Waals surface area contributed by atoms with Gasteiger partial charge in [0.15, 0.2) is 5.78 Å². The van der Waals surface area contributed by atoms with E-state index in [-0.39, 0.29) is 5.78 Å². The summed E-state index contributed by atoms with van der Waals surface area (Å²) in [6, 6.07) is 15.8. The fourth-order valence-electron chi connectivity index (χ4n) is 1.60. The number of carbonyl (C=O) groups is 2. The summed E-state index contributed by atoms with van der Waals surface area (Å²) in [5.41, 5.74) is 1.38. The van der Waals surface area contributed by atoms with Gasteiger partial charge in [-0.2, -0.15) is 0 Å². The standard InChI is InChI=1S/C17H14O3/c1-13(18)7-8-14-9-11-16(12-10-14)20-17(19)15-5-3-2-4-6-15/h2-12H,1H3/b8-7+. The Bertz CT molecular complexity index is 625. The Hall–Kier alpha value is -2.68. The van der Waals surface area contributed by atoms with Crippen LogP contribution < -0.4 is 4.74 Å². The summed E-state index contributed by atoms with van der Waals surface area (Å²) < 4.78 is 5.25. The normalized spacial score (nSPS) is 10.4. The lowest BCUT2D eigenvalue weighted by atomic mass is 10.2. The quantitative estimate of drug-likeness (QED) is 0.483. The van der Waals surface area contributed by atoms with Crippen LogP contribution in [0.4, 0.5) is 0 Å². The second kappa shape index (κ2) is 6.48. The molecule has 100 valence electrons. The minimum Gasteiger partial charge on any atom is -0.423 e. The molecule has 0 heterocycles. The van der Waals surface area contributed by atoms with Crippen LogP contribution in [-0.2, 0) is 4.79 Å². The molecule has 2 aromatic carbocycles. The van der Waals surface area contributed by atoms with Crippen LogP contribution in [0.15, 0.2) is 60.7 Å². The van der Waals surface area contributed by atoms with Crippen LogP contribution in [0.1, 0.15) is 22.8 Å². The summed E-state index contributed by atoms with van der Waals surface area (Å²) in [5, 5.41) is 0. The highest BCUT2D eigenvalue weighted by Gasteiger charge is 2.07. The Kier molecular flexibility index (Phi) is 4.45. The molecule has 0 amide bonds. The predicted octanol–water partition coefficient (Wildman–Crippen LogP) is 3.51. The molecule has 0 saturated carbocycles. The molecule has 2 aromatic rings. The molecule has 0 aliphatic carbocycles. The van der Waals surface area contributed by atoms with Crippen LogP contribution in [0.25, 0.3) is 6.08 Å². The molecule has 0 spiro atoms. The first kappa shape index (κ1) is 13.7. The smallest absolute Gasteiger partial charge is 0.343 e. The van der Waals surface area contributed by atoms with Gasteiger partial charge in [-0.15, -0.1) is 0 Å². The maximum Gasteiger partial charge on any atom is 0.343 e. The molecule has 3 heteroatoms. The average Bonchev–Trinajstić information content (AvgIpc) is 2.47. The van der Waals surface area contributed by atoms with Gasteiger partial charge >= 0.3 is 5.97 Å². The number of carbonyl (C=O) groups excluding carboxylic acids is 2. The highest BCUT2D eigenvalue weighted by Crippen LogP contribution is 2.15. The molecule has 0 radical (unpaired) electrons. The molecule has 0 saturated heterocycles. The van der Waals surface area contributed by atoms with Crippen LogP contribution in [0.2, 0.25) is 0 Å². The number of benzene rings is 2. The number of hydrogen-bond acceptors (Lipinski definition) is 3. The highest BCUT2D eigenvalue weighted by atomic mass is 16.5. The first-order valence-corrected chi connectivity index (χ1v) is 6.21. The van der Waals surface area contributed by atoms with Crippen molar-refractivity contribution in [3.63, 3.8) is 0 Å². The van der Waals surface area contributed by atoms with Crippen molar-refractivity contribution in [2.45, 2.75) is 6.92 Å². The number of rotatable bonds is 4. The minimum atomic E-state index is -0.391. The van der Waals surface area contributed by atoms with Crippen molar-refractivity contribution in [1.82, 2.24) is 0 Å². The lowest BCUT2D eigenvalue weighted by Crippen LogP contribution is -2.07. The molecule has 2 rings (SSSR count). The molecule has 0 aliphatic rings. The van der Waals surface area contributed by atoms with Crippen molar-refractivity contribution in [2.24, 2.45) is 0 Å². The van der Waals surface area contributed by atoms with Crippen LogP contribution in [0.5, 0.6) is 5.75 Å². The van der Waals surface area contributed by atoms with Gasteiger partial charge in [-0.3, -0.25) is 4.79 Å². The van der Waals surface area contributed by atoms with E-state index in [2.05, 4.69) is 0 Å². The van der Waals surface area contributed by atoms with E-state index in [9.17, 15) is 9.59 Å². The summed E-state index contributed by atoms with van der Waals surface area (Å²) in [5.74, 6) is 0.0704. The molecule has 0 unspecified atom stereocenters. The second-order valence-electron chi connectivity index (χ2n) is 4.27. The van der Waals surface area contributed by atoms with Gasteiger partial charge in [-0.25, -0.2) is 4.79 Å². The van der Waals surface area contributed by atoms with Crippen molar-refractivity contribution in [3.8, 4) is 5.75 Å². The predicted molar refractivity (Wildman–Crippen MR) is 77.6 cm³/mol. The highest BCUT2D eigenvalue weighted by molar-refractivity contribution is 5.92. The molecule has 0 aromatic heterocycles. The summed E-state index contributed by atoms with van der Waals surface area (Å²) in [6.07, 6.45) is 3.20. The zero-order valence-corrected chi connectivity index (χ0v) is 11.1. The number of esters is 1. The van der Waals surface area contributed by atoms with Crippen molar-refractivity contribution in [3.05, 3.63) is 71.8 Å². The van der Waals surface area contributed by atoms with Gasteiger partial charge in [0.25, 0.3) is 0 Å². The van der Waals surface area contributed by atoms with Crippen LogP contribution >= 0.6 is 0 Å². The first-order valence-electron chi connectivity index (χ1n) is 6.21. The topological polar surface area (TPSA) is 43.4 Å². The number of ketones is 1. The number of allylic oxidation sites excluding steroid dienone is 1. The average molecular weight is 266 g/mol. The third-order valence-electron chi connectivity index (χ3n) is 2.61. The third-order valence-corrected chi connectivity index (χ3v) is 2.61. The van der Waals surface area contributed by atoms with Crippen molar-refractivity contribution in [2.75, 3.05) is 0 Å². The van der Waals surface area contributed by atoms with Crippen molar-refractivity contribution >= 4 is 17.8 Å². The SMILES string of the molecule is CC(=O)/C=C/c1ccc(OC(=O)c2ccccc2)cc1. The fourth-order valence-corrected chi connectivity index (χ4v) is 1.60. The van der Waals surface area contributed by atoms with Crippen molar-refractivity contribution < 1.29 is 14.3 Å². The number of hydrogen-bond donors (Lipinski definition) is 0. The lowest BCUT2D eigenvalue weighted by molar-refractivity contribution is -0.112. The molecule has 0 bridgehead atoms. The van der Waals surface area contributed by atoms with Crippen LogP contribution in [-0.4, -0.2) is 11.8 Å². The van der Waals surface area contributed by atoms with Gasteiger partial charge in [0, 0.05) is 0 Å².